The van der Waals surface area contributed by atoms with Crippen LogP contribution in [0.15, 0.2) is 103 Å². The lowest BCUT2D eigenvalue weighted by Crippen LogP contribution is -2.11. The standard InChI is InChI=1S/C34H26FN3S/c1-34(2,3)22-13-17-24(18-14-22)38-29-10-5-4-9-28(29)37-32(38)27-8-6-7-26-30-25(21-11-15-23(35)16-12-21)19-20-36-33(30)39-31(26)27/h4-20H,1-3H3. The van der Waals surface area contributed by atoms with E-state index >= 15 is 0 Å². The zero-order chi connectivity index (χ0) is 26.7. The number of pyridine rings is 1. The first-order valence-electron chi connectivity index (χ1n) is 13.0. The van der Waals surface area contributed by atoms with Crippen molar-refractivity contribution in [1.82, 2.24) is 14.5 Å². The highest BCUT2D eigenvalue weighted by molar-refractivity contribution is 7.26. The number of nitrogens with zero attached hydrogens (tertiary/aromatic N) is 3. The van der Waals surface area contributed by atoms with Gasteiger partial charge in [-0.3, -0.25) is 4.57 Å². The Bertz CT molecular complexity index is 1990. The first-order valence-corrected chi connectivity index (χ1v) is 13.8. The molecule has 0 amide bonds. The second kappa shape index (κ2) is 8.85. The first kappa shape index (κ1) is 23.7. The van der Waals surface area contributed by atoms with Gasteiger partial charge in [0.2, 0.25) is 0 Å². The maximum atomic E-state index is 13.7. The van der Waals surface area contributed by atoms with E-state index in [1.165, 1.54) is 17.7 Å². The van der Waals surface area contributed by atoms with Crippen LogP contribution in [0.25, 0.3) is 59.5 Å². The van der Waals surface area contributed by atoms with Crippen LogP contribution in [0.4, 0.5) is 4.39 Å². The minimum absolute atomic E-state index is 0.0796. The van der Waals surface area contributed by atoms with E-state index in [4.69, 9.17) is 9.97 Å². The summed E-state index contributed by atoms with van der Waals surface area (Å²) >= 11 is 1.68. The molecule has 0 unspecified atom stereocenters. The van der Waals surface area contributed by atoms with Crippen molar-refractivity contribution in [1.29, 1.82) is 0 Å². The average Bonchev–Trinajstić information content (AvgIpc) is 3.52. The van der Waals surface area contributed by atoms with Crippen LogP contribution >= 0.6 is 11.3 Å². The Morgan fingerprint density at radius 1 is 0.769 bits per heavy atom. The van der Waals surface area contributed by atoms with Crippen molar-refractivity contribution in [3.63, 3.8) is 0 Å². The van der Waals surface area contributed by atoms with Gasteiger partial charge in [0.15, 0.2) is 0 Å². The van der Waals surface area contributed by atoms with Crippen LogP contribution in [0, 0.1) is 5.82 Å². The molecule has 0 N–H and O–H groups in total. The van der Waals surface area contributed by atoms with Gasteiger partial charge in [0.25, 0.3) is 0 Å². The van der Waals surface area contributed by atoms with E-state index in [1.54, 1.807) is 11.3 Å². The number of aromatic nitrogens is 3. The molecule has 7 rings (SSSR count). The third-order valence-corrected chi connectivity index (χ3v) is 8.49. The fourth-order valence-electron chi connectivity index (χ4n) is 5.35. The lowest BCUT2D eigenvalue weighted by Gasteiger charge is -2.19. The summed E-state index contributed by atoms with van der Waals surface area (Å²) in [4.78, 5) is 10.8. The van der Waals surface area contributed by atoms with Gasteiger partial charge in [-0.15, -0.1) is 11.3 Å². The topological polar surface area (TPSA) is 30.7 Å². The zero-order valence-electron chi connectivity index (χ0n) is 21.9. The number of imidazole rings is 1. The Kier molecular flexibility index (Phi) is 5.39. The van der Waals surface area contributed by atoms with E-state index in [0.29, 0.717) is 0 Å². The van der Waals surface area contributed by atoms with E-state index < -0.39 is 0 Å². The van der Waals surface area contributed by atoms with Crippen molar-refractivity contribution >= 4 is 42.7 Å². The summed E-state index contributed by atoms with van der Waals surface area (Å²) in [5.74, 6) is 0.663. The molecule has 0 radical (unpaired) electrons. The van der Waals surface area contributed by atoms with Crippen LogP contribution in [0.5, 0.6) is 0 Å². The quantitative estimate of drug-likeness (QED) is 0.229. The molecule has 0 atom stereocenters. The van der Waals surface area contributed by atoms with Crippen LogP contribution < -0.4 is 0 Å². The number of halogens is 1. The summed E-state index contributed by atoms with van der Waals surface area (Å²) in [6.07, 6.45) is 1.84. The van der Waals surface area contributed by atoms with Crippen molar-refractivity contribution in [3.05, 3.63) is 115 Å². The van der Waals surface area contributed by atoms with Crippen LogP contribution in [-0.2, 0) is 5.41 Å². The maximum Gasteiger partial charge on any atom is 0.147 e. The summed E-state index contributed by atoms with van der Waals surface area (Å²) < 4.78 is 17.1. The van der Waals surface area contributed by atoms with Gasteiger partial charge < -0.3 is 0 Å². The third kappa shape index (κ3) is 3.93. The molecule has 0 fully saturated rings. The monoisotopic (exact) mass is 527 g/mol. The van der Waals surface area contributed by atoms with Gasteiger partial charge in [-0.1, -0.05) is 69.3 Å². The summed E-state index contributed by atoms with van der Waals surface area (Å²) in [6.45, 7) is 6.70. The van der Waals surface area contributed by atoms with Crippen molar-refractivity contribution in [2.45, 2.75) is 26.2 Å². The molecule has 3 aromatic heterocycles. The fraction of sp³-hybridized carbons (Fsp3) is 0.118. The Labute approximate surface area is 230 Å². The van der Waals surface area contributed by atoms with E-state index in [2.05, 4.69) is 86.0 Å². The molecule has 0 saturated carbocycles. The van der Waals surface area contributed by atoms with Gasteiger partial charge in [-0.05, 0) is 70.6 Å². The Hall–Kier alpha value is -4.35. The number of hydrogen-bond donors (Lipinski definition) is 0. The second-order valence-corrected chi connectivity index (χ2v) is 11.9. The molecule has 4 aromatic carbocycles. The highest BCUT2D eigenvalue weighted by Crippen LogP contribution is 2.43. The van der Waals surface area contributed by atoms with Gasteiger partial charge in [0.05, 0.1) is 11.0 Å². The minimum atomic E-state index is -0.240. The molecule has 0 bridgehead atoms. The summed E-state index contributed by atoms with van der Waals surface area (Å²) in [6, 6.07) is 32.2. The zero-order valence-corrected chi connectivity index (χ0v) is 22.8. The molecule has 7 aromatic rings. The Morgan fingerprint density at radius 2 is 1.54 bits per heavy atom. The summed E-state index contributed by atoms with van der Waals surface area (Å²) in [5.41, 5.74) is 7.57. The number of benzene rings is 4. The highest BCUT2D eigenvalue weighted by atomic mass is 32.1. The Morgan fingerprint density at radius 3 is 2.31 bits per heavy atom. The van der Waals surface area contributed by atoms with Gasteiger partial charge in [-0.2, -0.15) is 0 Å². The number of hydrogen-bond acceptors (Lipinski definition) is 3. The minimum Gasteiger partial charge on any atom is -0.292 e. The molecule has 3 heterocycles. The highest BCUT2D eigenvalue weighted by Gasteiger charge is 2.21. The molecule has 39 heavy (non-hydrogen) atoms. The van der Waals surface area contributed by atoms with Crippen LogP contribution in [0.3, 0.4) is 0 Å². The smallest absolute Gasteiger partial charge is 0.147 e. The first-order chi connectivity index (χ1) is 18.9. The van der Waals surface area contributed by atoms with E-state index in [1.807, 2.05) is 30.5 Å². The molecule has 0 saturated heterocycles. The number of para-hydroxylation sites is 2. The average molecular weight is 528 g/mol. The number of rotatable bonds is 3. The predicted octanol–water partition coefficient (Wildman–Crippen LogP) is 9.56. The molecule has 3 nitrogen and oxygen atoms in total. The van der Waals surface area contributed by atoms with Gasteiger partial charge >= 0.3 is 0 Å². The lowest BCUT2D eigenvalue weighted by molar-refractivity contribution is 0.590. The molecular formula is C34H26FN3S. The lowest BCUT2D eigenvalue weighted by atomic mass is 9.87. The molecule has 0 aliphatic carbocycles. The predicted molar refractivity (Wildman–Crippen MR) is 161 cm³/mol. The van der Waals surface area contributed by atoms with Crippen LogP contribution in [0.1, 0.15) is 26.3 Å². The second-order valence-electron chi connectivity index (χ2n) is 10.9. The molecule has 190 valence electrons. The van der Waals surface area contributed by atoms with Crippen molar-refractivity contribution in [2.75, 3.05) is 0 Å². The summed E-state index contributed by atoms with van der Waals surface area (Å²) in [7, 11) is 0. The number of fused-ring (bicyclic) bond motifs is 4. The molecule has 0 aliphatic rings. The van der Waals surface area contributed by atoms with Crippen molar-refractivity contribution in [3.8, 4) is 28.2 Å². The molecular weight excluding hydrogens is 501 g/mol. The summed E-state index contributed by atoms with van der Waals surface area (Å²) in [5, 5.41) is 2.21. The van der Waals surface area contributed by atoms with E-state index in [9.17, 15) is 4.39 Å². The number of thiophene rings is 1. The van der Waals surface area contributed by atoms with Gasteiger partial charge in [-0.25, -0.2) is 14.4 Å². The maximum absolute atomic E-state index is 13.7. The van der Waals surface area contributed by atoms with Gasteiger partial charge in [0, 0.05) is 32.9 Å². The normalized spacial score (nSPS) is 12.1. The van der Waals surface area contributed by atoms with Crippen LogP contribution in [-0.4, -0.2) is 14.5 Å². The van der Waals surface area contributed by atoms with Crippen molar-refractivity contribution in [2.24, 2.45) is 0 Å². The largest absolute Gasteiger partial charge is 0.292 e. The van der Waals surface area contributed by atoms with Crippen molar-refractivity contribution < 1.29 is 4.39 Å². The Balaban J connectivity index is 1.49. The fourth-order valence-corrected chi connectivity index (χ4v) is 6.52. The van der Waals surface area contributed by atoms with E-state index in [0.717, 1.165) is 59.5 Å². The SMILES string of the molecule is CC(C)(C)c1ccc(-n2c(-c3cccc4c3sc3nccc(-c5ccc(F)cc5)c34)nc3ccccc32)cc1. The molecule has 0 aliphatic heterocycles. The molecule has 0 spiro atoms. The third-order valence-electron chi connectivity index (χ3n) is 7.35. The molecule has 5 heteroatoms. The van der Waals surface area contributed by atoms with E-state index in [-0.39, 0.29) is 11.2 Å². The van der Waals surface area contributed by atoms with Gasteiger partial charge in [0.1, 0.15) is 16.5 Å². The van der Waals surface area contributed by atoms with Crippen LogP contribution in [0.2, 0.25) is 0 Å².